The van der Waals surface area contributed by atoms with E-state index >= 15 is 0 Å². The molecule has 0 heterocycles. The molecular formula is C20H39NO4. The molecule has 5 nitrogen and oxygen atoms in total. The molecule has 0 bridgehead atoms. The Kier molecular flexibility index (Phi) is 14.5. The molecule has 0 aromatic rings. The molecule has 0 spiro atoms. The fraction of sp³-hybridized carbons (Fsp3) is 0.900. The Morgan fingerprint density at radius 2 is 1.08 bits per heavy atom. The molecule has 0 amide bonds. The van der Waals surface area contributed by atoms with Gasteiger partial charge < -0.3 is 15.9 Å². The van der Waals surface area contributed by atoms with Crippen LogP contribution in [-0.4, -0.2) is 27.7 Å². The van der Waals surface area contributed by atoms with Crippen LogP contribution in [0.3, 0.4) is 0 Å². The van der Waals surface area contributed by atoms with Crippen LogP contribution in [0.5, 0.6) is 0 Å². The maximum absolute atomic E-state index is 11.1. The van der Waals surface area contributed by atoms with Gasteiger partial charge in [0.15, 0.2) is 0 Å². The molecule has 5 heteroatoms. The lowest BCUT2D eigenvalue weighted by Crippen LogP contribution is -2.49. The van der Waals surface area contributed by atoms with E-state index < -0.39 is 23.9 Å². The molecule has 0 unspecified atom stereocenters. The Bertz CT molecular complexity index is 360. The predicted octanol–water partition coefficient (Wildman–Crippen LogP) is 5.11. The molecule has 0 fully saturated rings. The Balaban J connectivity index is 3.46. The molecule has 0 saturated heterocycles. The Morgan fingerprint density at radius 1 is 0.720 bits per heavy atom. The van der Waals surface area contributed by atoms with Crippen molar-refractivity contribution in [2.75, 3.05) is 0 Å². The van der Waals surface area contributed by atoms with Crippen LogP contribution in [0.15, 0.2) is 0 Å². The molecule has 0 aromatic heterocycles. The van der Waals surface area contributed by atoms with Gasteiger partial charge in [-0.15, -0.1) is 0 Å². The van der Waals surface area contributed by atoms with Gasteiger partial charge in [0.25, 0.3) is 0 Å². The second-order valence-corrected chi connectivity index (χ2v) is 7.38. The average Bonchev–Trinajstić information content (AvgIpc) is 2.54. The largest absolute Gasteiger partial charge is 0.481 e. The summed E-state index contributed by atoms with van der Waals surface area (Å²) >= 11 is 0. The van der Waals surface area contributed by atoms with Crippen LogP contribution < -0.4 is 5.73 Å². The van der Waals surface area contributed by atoms with Gasteiger partial charge in [0.1, 0.15) is 5.54 Å². The number of nitrogens with two attached hydrogens (primary N) is 1. The molecule has 0 aromatic carbocycles. The quantitative estimate of drug-likeness (QED) is 0.296. The summed E-state index contributed by atoms with van der Waals surface area (Å²) in [5.41, 5.74) is 4.09. The fourth-order valence-corrected chi connectivity index (χ4v) is 3.18. The number of hydrogen-bond acceptors (Lipinski definition) is 3. The summed E-state index contributed by atoms with van der Waals surface area (Å²) < 4.78 is 0. The number of carbonyl (C=O) groups is 2. The van der Waals surface area contributed by atoms with Gasteiger partial charge in [0.2, 0.25) is 0 Å². The van der Waals surface area contributed by atoms with Crippen LogP contribution in [0.2, 0.25) is 0 Å². The monoisotopic (exact) mass is 357 g/mol. The first-order valence-corrected chi connectivity index (χ1v) is 10.2. The molecule has 0 saturated carbocycles. The second kappa shape index (κ2) is 15.2. The highest BCUT2D eigenvalue weighted by Crippen LogP contribution is 2.19. The van der Waals surface area contributed by atoms with Gasteiger partial charge in [-0.3, -0.25) is 9.59 Å². The van der Waals surface area contributed by atoms with E-state index in [0.29, 0.717) is 6.42 Å². The van der Waals surface area contributed by atoms with Gasteiger partial charge in [-0.1, -0.05) is 96.8 Å². The third-order valence-corrected chi connectivity index (χ3v) is 4.87. The van der Waals surface area contributed by atoms with Gasteiger partial charge in [0, 0.05) is 0 Å². The normalized spacial score (nSPS) is 13.5. The number of rotatable bonds is 18. The SMILES string of the molecule is CCCCCCCCCCCCCCCC[C@](N)(CC(=O)O)C(=O)O. The first kappa shape index (κ1) is 23.9. The summed E-state index contributed by atoms with van der Waals surface area (Å²) in [4.78, 5) is 21.9. The van der Waals surface area contributed by atoms with Crippen molar-refractivity contribution < 1.29 is 19.8 Å². The van der Waals surface area contributed by atoms with E-state index in [-0.39, 0.29) is 6.42 Å². The van der Waals surface area contributed by atoms with E-state index in [1.165, 1.54) is 70.6 Å². The summed E-state index contributed by atoms with van der Waals surface area (Å²) in [6, 6.07) is 0. The smallest absolute Gasteiger partial charge is 0.324 e. The minimum atomic E-state index is -1.62. The lowest BCUT2D eigenvalue weighted by atomic mass is 9.89. The van der Waals surface area contributed by atoms with Gasteiger partial charge in [0.05, 0.1) is 6.42 Å². The summed E-state index contributed by atoms with van der Waals surface area (Å²) in [5.74, 6) is -2.38. The van der Waals surface area contributed by atoms with Crippen molar-refractivity contribution in [1.82, 2.24) is 0 Å². The maximum atomic E-state index is 11.1. The van der Waals surface area contributed by atoms with Crippen LogP contribution in [0.1, 0.15) is 110 Å². The highest BCUT2D eigenvalue weighted by molar-refractivity contribution is 5.84. The molecule has 4 N–H and O–H groups in total. The van der Waals surface area contributed by atoms with E-state index in [4.69, 9.17) is 15.9 Å². The molecule has 0 aliphatic rings. The standard InChI is InChI=1S/C20H39NO4/c1-2-3-4-5-6-7-8-9-10-11-12-13-14-15-16-20(21,19(24)25)17-18(22)23/h2-17,21H2,1H3,(H,22,23)(H,24,25)/t20-/m0/s1. The highest BCUT2D eigenvalue weighted by atomic mass is 16.4. The lowest BCUT2D eigenvalue weighted by Gasteiger charge is -2.22. The summed E-state index contributed by atoms with van der Waals surface area (Å²) in [5, 5.41) is 17.9. The zero-order valence-corrected chi connectivity index (χ0v) is 16.1. The average molecular weight is 358 g/mol. The molecule has 0 rings (SSSR count). The fourth-order valence-electron chi connectivity index (χ4n) is 3.18. The summed E-state index contributed by atoms with van der Waals surface area (Å²) in [6.45, 7) is 2.24. The zero-order valence-electron chi connectivity index (χ0n) is 16.1. The van der Waals surface area contributed by atoms with Crippen molar-refractivity contribution in [3.05, 3.63) is 0 Å². The molecule has 0 aliphatic heterocycles. The summed E-state index contributed by atoms with van der Waals surface area (Å²) in [6.07, 6.45) is 16.9. The number of aliphatic carboxylic acids is 2. The van der Waals surface area contributed by atoms with Crippen molar-refractivity contribution in [3.63, 3.8) is 0 Å². The van der Waals surface area contributed by atoms with Crippen molar-refractivity contribution in [2.24, 2.45) is 5.73 Å². The van der Waals surface area contributed by atoms with Crippen LogP contribution in [0.25, 0.3) is 0 Å². The van der Waals surface area contributed by atoms with Crippen molar-refractivity contribution in [3.8, 4) is 0 Å². The molecule has 1 atom stereocenters. The first-order valence-electron chi connectivity index (χ1n) is 10.2. The van der Waals surface area contributed by atoms with Gasteiger partial charge in [-0.2, -0.15) is 0 Å². The van der Waals surface area contributed by atoms with Gasteiger partial charge in [-0.25, -0.2) is 0 Å². The van der Waals surface area contributed by atoms with Crippen molar-refractivity contribution in [2.45, 2.75) is 115 Å². The minimum absolute atomic E-state index is 0.229. The van der Waals surface area contributed by atoms with E-state index in [0.717, 1.165) is 12.8 Å². The zero-order chi connectivity index (χ0) is 19.0. The van der Waals surface area contributed by atoms with Gasteiger partial charge in [-0.05, 0) is 6.42 Å². The second-order valence-electron chi connectivity index (χ2n) is 7.38. The maximum Gasteiger partial charge on any atom is 0.324 e. The van der Waals surface area contributed by atoms with Crippen LogP contribution in [0.4, 0.5) is 0 Å². The Morgan fingerprint density at radius 3 is 1.40 bits per heavy atom. The van der Waals surface area contributed by atoms with Crippen LogP contribution in [-0.2, 0) is 9.59 Å². The van der Waals surface area contributed by atoms with Crippen LogP contribution in [0, 0.1) is 0 Å². The van der Waals surface area contributed by atoms with Crippen LogP contribution >= 0.6 is 0 Å². The lowest BCUT2D eigenvalue weighted by molar-refractivity contribution is -0.150. The molecule has 25 heavy (non-hydrogen) atoms. The first-order chi connectivity index (χ1) is 11.9. The number of unbranched alkanes of at least 4 members (excludes halogenated alkanes) is 13. The van der Waals surface area contributed by atoms with E-state index in [2.05, 4.69) is 6.92 Å². The number of hydrogen-bond donors (Lipinski definition) is 3. The summed E-state index contributed by atoms with van der Waals surface area (Å²) in [7, 11) is 0. The number of carboxylic acids is 2. The molecule has 148 valence electrons. The van der Waals surface area contributed by atoms with Crippen molar-refractivity contribution >= 4 is 11.9 Å². The Hall–Kier alpha value is -1.10. The van der Waals surface area contributed by atoms with E-state index in [9.17, 15) is 9.59 Å². The van der Waals surface area contributed by atoms with Crippen molar-refractivity contribution in [1.29, 1.82) is 0 Å². The topological polar surface area (TPSA) is 101 Å². The minimum Gasteiger partial charge on any atom is -0.481 e. The van der Waals surface area contributed by atoms with E-state index in [1.54, 1.807) is 0 Å². The predicted molar refractivity (Wildman–Crippen MR) is 102 cm³/mol. The Labute approximate surface area is 153 Å². The molecule has 0 radical (unpaired) electrons. The third kappa shape index (κ3) is 13.8. The molecular weight excluding hydrogens is 318 g/mol. The molecule has 0 aliphatic carbocycles. The van der Waals surface area contributed by atoms with E-state index in [1.807, 2.05) is 0 Å². The van der Waals surface area contributed by atoms with Gasteiger partial charge >= 0.3 is 11.9 Å². The highest BCUT2D eigenvalue weighted by Gasteiger charge is 2.35. The third-order valence-electron chi connectivity index (χ3n) is 4.87. The number of carboxylic acid groups (broad SMARTS) is 2.